The summed E-state index contributed by atoms with van der Waals surface area (Å²) in [6.07, 6.45) is 6.39. The van der Waals surface area contributed by atoms with Gasteiger partial charge < -0.3 is 4.90 Å². The number of rotatable bonds is 3. The van der Waals surface area contributed by atoms with Crippen LogP contribution in [0, 0.1) is 13.8 Å². The SMILES string of the molecule is Cc1ccc(C2CCCN2C(=O)c2cnc(C3CC3)s2)cc1C. The van der Waals surface area contributed by atoms with Crippen molar-refractivity contribution in [1.29, 1.82) is 0 Å². The summed E-state index contributed by atoms with van der Waals surface area (Å²) < 4.78 is 0. The van der Waals surface area contributed by atoms with Crippen LogP contribution in [-0.2, 0) is 0 Å². The number of benzene rings is 1. The van der Waals surface area contributed by atoms with E-state index < -0.39 is 0 Å². The lowest BCUT2D eigenvalue weighted by Gasteiger charge is -2.25. The summed E-state index contributed by atoms with van der Waals surface area (Å²) in [6.45, 7) is 5.13. The van der Waals surface area contributed by atoms with Crippen LogP contribution < -0.4 is 0 Å². The molecule has 0 radical (unpaired) electrons. The highest BCUT2D eigenvalue weighted by atomic mass is 32.1. The minimum atomic E-state index is 0.162. The van der Waals surface area contributed by atoms with E-state index in [1.165, 1.54) is 29.5 Å². The summed E-state index contributed by atoms with van der Waals surface area (Å²) in [6, 6.07) is 6.81. The first-order valence-corrected chi connectivity index (χ1v) is 9.29. The van der Waals surface area contributed by atoms with Crippen LogP contribution in [0.3, 0.4) is 0 Å². The number of amides is 1. The lowest BCUT2D eigenvalue weighted by atomic mass is 9.99. The summed E-state index contributed by atoms with van der Waals surface area (Å²) in [5, 5.41) is 1.15. The van der Waals surface area contributed by atoms with E-state index in [0.29, 0.717) is 5.92 Å². The molecule has 4 heteroatoms. The van der Waals surface area contributed by atoms with Gasteiger partial charge in [-0.1, -0.05) is 18.2 Å². The van der Waals surface area contributed by atoms with E-state index in [1.807, 2.05) is 4.90 Å². The maximum atomic E-state index is 12.9. The highest BCUT2D eigenvalue weighted by Gasteiger charge is 2.33. The molecule has 2 heterocycles. The molecule has 1 saturated heterocycles. The summed E-state index contributed by atoms with van der Waals surface area (Å²) in [5.74, 6) is 0.783. The molecule has 4 rings (SSSR count). The molecule has 2 fully saturated rings. The van der Waals surface area contributed by atoms with Gasteiger partial charge in [-0.25, -0.2) is 4.98 Å². The van der Waals surface area contributed by atoms with Crippen molar-refractivity contribution < 1.29 is 4.79 Å². The molecule has 1 unspecified atom stereocenters. The lowest BCUT2D eigenvalue weighted by molar-refractivity contribution is 0.0740. The number of hydrogen-bond acceptors (Lipinski definition) is 3. The predicted octanol–water partition coefficient (Wildman–Crippen LogP) is 4.61. The Balaban J connectivity index is 1.58. The molecule has 1 aromatic carbocycles. The van der Waals surface area contributed by atoms with E-state index >= 15 is 0 Å². The van der Waals surface area contributed by atoms with Crippen molar-refractivity contribution in [1.82, 2.24) is 9.88 Å². The molecule has 2 aromatic rings. The van der Waals surface area contributed by atoms with Gasteiger partial charge >= 0.3 is 0 Å². The van der Waals surface area contributed by atoms with Gasteiger partial charge in [-0.15, -0.1) is 11.3 Å². The van der Waals surface area contributed by atoms with Crippen molar-refractivity contribution in [3.05, 3.63) is 51.0 Å². The fraction of sp³-hybridized carbons (Fsp3) is 0.474. The van der Waals surface area contributed by atoms with E-state index in [1.54, 1.807) is 17.5 Å². The predicted molar refractivity (Wildman–Crippen MR) is 93.0 cm³/mol. The van der Waals surface area contributed by atoms with Gasteiger partial charge in [0.05, 0.1) is 17.2 Å². The number of aromatic nitrogens is 1. The fourth-order valence-corrected chi connectivity index (χ4v) is 4.42. The molecule has 0 N–H and O–H groups in total. The van der Waals surface area contributed by atoms with Crippen LogP contribution in [0.1, 0.15) is 69.0 Å². The van der Waals surface area contributed by atoms with Gasteiger partial charge in [0.2, 0.25) is 0 Å². The number of thiazole rings is 1. The monoisotopic (exact) mass is 326 g/mol. The Bertz CT molecular complexity index is 748. The average Bonchev–Trinajstić information content (AvgIpc) is 3.10. The van der Waals surface area contributed by atoms with Crippen molar-refractivity contribution in [3.8, 4) is 0 Å². The summed E-state index contributed by atoms with van der Waals surface area (Å²) >= 11 is 1.60. The fourth-order valence-electron chi connectivity index (χ4n) is 3.38. The van der Waals surface area contributed by atoms with Crippen molar-refractivity contribution in [3.63, 3.8) is 0 Å². The number of aryl methyl sites for hydroxylation is 2. The maximum Gasteiger partial charge on any atom is 0.266 e. The number of nitrogens with zero attached hydrogens (tertiary/aromatic N) is 2. The molecular formula is C19H22N2OS. The highest BCUT2D eigenvalue weighted by molar-refractivity contribution is 7.13. The zero-order valence-electron chi connectivity index (χ0n) is 13.7. The first-order valence-electron chi connectivity index (χ1n) is 8.47. The van der Waals surface area contributed by atoms with Crippen molar-refractivity contribution in [2.75, 3.05) is 6.54 Å². The third-order valence-electron chi connectivity index (χ3n) is 5.09. The zero-order chi connectivity index (χ0) is 16.0. The van der Waals surface area contributed by atoms with E-state index in [-0.39, 0.29) is 11.9 Å². The molecule has 1 aliphatic heterocycles. The average molecular weight is 326 g/mol. The minimum Gasteiger partial charge on any atom is -0.331 e. The van der Waals surface area contributed by atoms with Crippen LogP contribution in [0.4, 0.5) is 0 Å². The molecule has 3 nitrogen and oxygen atoms in total. The largest absolute Gasteiger partial charge is 0.331 e. The standard InChI is InChI=1S/C19H22N2OS/c1-12-5-6-15(10-13(12)2)16-4-3-9-21(16)19(22)17-11-20-18(23-17)14-7-8-14/h5-6,10-11,14,16H,3-4,7-9H2,1-2H3. The van der Waals surface area contributed by atoms with Crippen LogP contribution in [-0.4, -0.2) is 22.3 Å². The van der Waals surface area contributed by atoms with E-state index in [9.17, 15) is 4.79 Å². The number of hydrogen-bond donors (Lipinski definition) is 0. The van der Waals surface area contributed by atoms with Crippen molar-refractivity contribution in [2.45, 2.75) is 51.5 Å². The number of carbonyl (C=O) groups is 1. The van der Waals surface area contributed by atoms with Crippen molar-refractivity contribution >= 4 is 17.2 Å². The second kappa shape index (κ2) is 5.75. The van der Waals surface area contributed by atoms with Crippen LogP contribution in [0.15, 0.2) is 24.4 Å². The van der Waals surface area contributed by atoms with Gasteiger partial charge in [0.25, 0.3) is 5.91 Å². The smallest absolute Gasteiger partial charge is 0.266 e. The molecule has 1 amide bonds. The zero-order valence-corrected chi connectivity index (χ0v) is 14.5. The van der Waals surface area contributed by atoms with Crippen LogP contribution in [0.25, 0.3) is 0 Å². The molecule has 1 saturated carbocycles. The number of carbonyl (C=O) groups excluding carboxylic acids is 1. The Morgan fingerprint density at radius 3 is 2.78 bits per heavy atom. The van der Waals surface area contributed by atoms with Crippen LogP contribution >= 0.6 is 11.3 Å². The third kappa shape index (κ3) is 2.80. The van der Waals surface area contributed by atoms with Crippen molar-refractivity contribution in [2.24, 2.45) is 0 Å². The lowest BCUT2D eigenvalue weighted by Crippen LogP contribution is -2.30. The van der Waals surface area contributed by atoms with Crippen LogP contribution in [0.5, 0.6) is 0 Å². The Morgan fingerprint density at radius 1 is 1.22 bits per heavy atom. The van der Waals surface area contributed by atoms with E-state index in [0.717, 1.165) is 29.3 Å². The Kier molecular flexibility index (Phi) is 3.72. The molecule has 1 atom stereocenters. The van der Waals surface area contributed by atoms with E-state index in [2.05, 4.69) is 37.0 Å². The highest BCUT2D eigenvalue weighted by Crippen LogP contribution is 2.42. The molecule has 0 bridgehead atoms. The first kappa shape index (κ1) is 14.9. The van der Waals surface area contributed by atoms with Gasteiger partial charge in [-0.05, 0) is 56.2 Å². The minimum absolute atomic E-state index is 0.162. The Labute approximate surface area is 141 Å². The number of likely N-dealkylation sites (tertiary alicyclic amines) is 1. The van der Waals surface area contributed by atoms with Crippen LogP contribution in [0.2, 0.25) is 0 Å². The van der Waals surface area contributed by atoms with Gasteiger partial charge in [0, 0.05) is 12.5 Å². The maximum absolute atomic E-state index is 12.9. The Morgan fingerprint density at radius 2 is 2.04 bits per heavy atom. The summed E-state index contributed by atoms with van der Waals surface area (Å²) in [7, 11) is 0. The molecular weight excluding hydrogens is 304 g/mol. The van der Waals surface area contributed by atoms with Gasteiger partial charge in [-0.3, -0.25) is 4.79 Å². The van der Waals surface area contributed by atoms with Gasteiger partial charge in [0.1, 0.15) is 4.88 Å². The topological polar surface area (TPSA) is 33.2 Å². The molecule has 120 valence electrons. The molecule has 2 aliphatic rings. The Hall–Kier alpha value is -1.68. The van der Waals surface area contributed by atoms with Gasteiger partial charge in [-0.2, -0.15) is 0 Å². The molecule has 1 aromatic heterocycles. The summed E-state index contributed by atoms with van der Waals surface area (Å²) in [5.41, 5.74) is 3.88. The van der Waals surface area contributed by atoms with E-state index in [4.69, 9.17) is 0 Å². The normalized spacial score (nSPS) is 21.0. The molecule has 1 aliphatic carbocycles. The molecule has 0 spiro atoms. The van der Waals surface area contributed by atoms with Gasteiger partial charge in [0.15, 0.2) is 0 Å². The second-order valence-electron chi connectivity index (χ2n) is 6.84. The quantitative estimate of drug-likeness (QED) is 0.825. The molecule has 23 heavy (non-hydrogen) atoms. The third-order valence-corrected chi connectivity index (χ3v) is 6.24. The second-order valence-corrected chi connectivity index (χ2v) is 7.90. The first-order chi connectivity index (χ1) is 11.1. The summed E-state index contributed by atoms with van der Waals surface area (Å²) in [4.78, 5) is 20.3.